The summed E-state index contributed by atoms with van der Waals surface area (Å²) in [5.41, 5.74) is 11.5. The Hall–Kier alpha value is -2.16. The predicted molar refractivity (Wildman–Crippen MR) is 60.1 cm³/mol. The number of primary amides is 1. The minimum atomic E-state index is -0.608. The van der Waals surface area contributed by atoms with Crippen molar-refractivity contribution in [3.05, 3.63) is 17.8 Å². The van der Waals surface area contributed by atoms with E-state index in [1.54, 1.807) is 13.1 Å². The lowest BCUT2D eigenvalue weighted by Crippen LogP contribution is -2.13. The van der Waals surface area contributed by atoms with Gasteiger partial charge in [0.1, 0.15) is 10.7 Å². The van der Waals surface area contributed by atoms with Gasteiger partial charge in [-0.25, -0.2) is 9.67 Å². The van der Waals surface area contributed by atoms with Gasteiger partial charge in [0.05, 0.1) is 5.69 Å². The van der Waals surface area contributed by atoms with Crippen LogP contribution in [0, 0.1) is 0 Å². The molecule has 88 valence electrons. The number of rotatable bonds is 3. The second-order valence-electron chi connectivity index (χ2n) is 3.14. The number of aromatic nitrogens is 5. The van der Waals surface area contributed by atoms with Crippen molar-refractivity contribution < 1.29 is 4.79 Å². The molecule has 0 aliphatic heterocycles. The molecule has 8 nitrogen and oxygen atoms in total. The normalized spacial score (nSPS) is 10.4. The van der Waals surface area contributed by atoms with E-state index in [1.807, 2.05) is 0 Å². The maximum atomic E-state index is 11.0. The van der Waals surface area contributed by atoms with Gasteiger partial charge < -0.3 is 11.5 Å². The lowest BCUT2D eigenvalue weighted by atomic mass is 10.3. The highest BCUT2D eigenvalue weighted by Crippen LogP contribution is 2.28. The van der Waals surface area contributed by atoms with E-state index in [2.05, 4.69) is 20.5 Å². The maximum Gasteiger partial charge on any atom is 0.267 e. The van der Waals surface area contributed by atoms with Crippen LogP contribution in [0.25, 0.3) is 0 Å². The van der Waals surface area contributed by atoms with Gasteiger partial charge in [-0.1, -0.05) is 0 Å². The van der Waals surface area contributed by atoms with Crippen LogP contribution in [0.2, 0.25) is 0 Å². The molecule has 0 spiro atoms. The van der Waals surface area contributed by atoms with Crippen molar-refractivity contribution in [2.45, 2.75) is 10.2 Å². The average Bonchev–Trinajstić information content (AvgIpc) is 2.67. The Balaban J connectivity index is 2.35. The van der Waals surface area contributed by atoms with Crippen molar-refractivity contribution in [2.24, 2.45) is 12.8 Å². The van der Waals surface area contributed by atoms with E-state index in [-0.39, 0.29) is 5.69 Å². The summed E-state index contributed by atoms with van der Waals surface area (Å²) in [6.45, 7) is 0. The lowest BCUT2D eigenvalue weighted by Gasteiger charge is -2.04. The summed E-state index contributed by atoms with van der Waals surface area (Å²) in [5, 5.41) is 11.9. The van der Waals surface area contributed by atoms with Crippen LogP contribution < -0.4 is 11.5 Å². The van der Waals surface area contributed by atoms with Crippen LogP contribution in [-0.4, -0.2) is 31.1 Å². The molecule has 0 bridgehead atoms. The average molecular weight is 251 g/mol. The first kappa shape index (κ1) is 11.3. The van der Waals surface area contributed by atoms with E-state index in [4.69, 9.17) is 11.5 Å². The van der Waals surface area contributed by atoms with Gasteiger partial charge in [0.2, 0.25) is 5.16 Å². The van der Waals surface area contributed by atoms with Crippen molar-refractivity contribution in [1.82, 2.24) is 25.2 Å². The van der Waals surface area contributed by atoms with Crippen molar-refractivity contribution in [1.29, 1.82) is 0 Å². The number of hydrogen-bond acceptors (Lipinski definition) is 7. The Morgan fingerprint density at radius 3 is 2.82 bits per heavy atom. The molecule has 0 radical (unpaired) electrons. The van der Waals surface area contributed by atoms with E-state index in [0.29, 0.717) is 15.9 Å². The second-order valence-corrected chi connectivity index (χ2v) is 4.10. The van der Waals surface area contributed by atoms with E-state index in [9.17, 15) is 4.79 Å². The standard InChI is InChI=1S/C8H9N7OS/c1-15-8(12-13-14-15)17-7-4(9)2-3-5(11-7)6(10)16/h2-3H,9H2,1H3,(H2,10,16). The zero-order chi connectivity index (χ0) is 12.4. The first-order valence-electron chi connectivity index (χ1n) is 4.54. The van der Waals surface area contributed by atoms with Crippen LogP contribution in [0.5, 0.6) is 0 Å². The largest absolute Gasteiger partial charge is 0.397 e. The summed E-state index contributed by atoms with van der Waals surface area (Å²) in [6.07, 6.45) is 0. The van der Waals surface area contributed by atoms with E-state index in [0.717, 1.165) is 11.8 Å². The number of carbonyl (C=O) groups excluding carboxylic acids is 1. The van der Waals surface area contributed by atoms with Crippen LogP contribution in [0.4, 0.5) is 5.69 Å². The molecule has 1 amide bonds. The summed E-state index contributed by atoms with van der Waals surface area (Å²) in [6, 6.07) is 3.04. The van der Waals surface area contributed by atoms with Gasteiger partial charge in [0.25, 0.3) is 5.91 Å². The van der Waals surface area contributed by atoms with Crippen LogP contribution in [-0.2, 0) is 7.05 Å². The van der Waals surface area contributed by atoms with Crippen LogP contribution in [0.1, 0.15) is 10.5 Å². The molecule has 2 aromatic heterocycles. The molecule has 2 rings (SSSR count). The number of nitrogen functional groups attached to an aromatic ring is 1. The zero-order valence-electron chi connectivity index (χ0n) is 8.86. The Kier molecular flexibility index (Phi) is 2.91. The zero-order valence-corrected chi connectivity index (χ0v) is 9.68. The first-order chi connectivity index (χ1) is 8.08. The summed E-state index contributed by atoms with van der Waals surface area (Å²) >= 11 is 1.16. The number of aryl methyl sites for hydroxylation is 1. The molecule has 0 aliphatic carbocycles. The third-order valence-corrected chi connectivity index (χ3v) is 2.96. The van der Waals surface area contributed by atoms with Gasteiger partial charge >= 0.3 is 0 Å². The fourth-order valence-corrected chi connectivity index (χ4v) is 1.81. The number of tetrazole rings is 1. The van der Waals surface area contributed by atoms with Crippen LogP contribution >= 0.6 is 11.8 Å². The maximum absolute atomic E-state index is 11.0. The van der Waals surface area contributed by atoms with Crippen molar-refractivity contribution >= 4 is 23.4 Å². The molecule has 17 heavy (non-hydrogen) atoms. The molecule has 2 heterocycles. The Morgan fingerprint density at radius 1 is 1.47 bits per heavy atom. The molecule has 0 fully saturated rings. The molecule has 9 heteroatoms. The highest BCUT2D eigenvalue weighted by atomic mass is 32.2. The number of nitrogens with zero attached hydrogens (tertiary/aromatic N) is 5. The van der Waals surface area contributed by atoms with Crippen LogP contribution in [0.3, 0.4) is 0 Å². The van der Waals surface area contributed by atoms with Crippen molar-refractivity contribution in [2.75, 3.05) is 5.73 Å². The molecule has 0 unspecified atom stereocenters. The number of hydrogen-bond donors (Lipinski definition) is 2. The second kappa shape index (κ2) is 4.37. The van der Waals surface area contributed by atoms with Crippen molar-refractivity contribution in [3.8, 4) is 0 Å². The highest BCUT2D eigenvalue weighted by molar-refractivity contribution is 7.99. The number of pyridine rings is 1. The third-order valence-electron chi connectivity index (χ3n) is 1.91. The third kappa shape index (κ3) is 2.33. The SMILES string of the molecule is Cn1nnnc1Sc1nc(C(N)=O)ccc1N. The highest BCUT2D eigenvalue weighted by Gasteiger charge is 2.12. The summed E-state index contributed by atoms with van der Waals surface area (Å²) in [5.74, 6) is -0.608. The van der Waals surface area contributed by atoms with E-state index >= 15 is 0 Å². The quantitative estimate of drug-likeness (QED) is 0.748. The van der Waals surface area contributed by atoms with Gasteiger partial charge in [-0.3, -0.25) is 4.79 Å². The fourth-order valence-electron chi connectivity index (χ4n) is 1.06. The van der Waals surface area contributed by atoms with Crippen molar-refractivity contribution in [3.63, 3.8) is 0 Å². The summed E-state index contributed by atoms with van der Waals surface area (Å²) in [7, 11) is 1.69. The summed E-state index contributed by atoms with van der Waals surface area (Å²) in [4.78, 5) is 15.0. The Labute approximate surface area is 100 Å². The number of carbonyl (C=O) groups is 1. The predicted octanol–water partition coefficient (Wildman–Crippen LogP) is -0.563. The minimum absolute atomic E-state index is 0.150. The molecular weight excluding hydrogens is 242 g/mol. The molecule has 0 aromatic carbocycles. The Morgan fingerprint density at radius 2 is 2.24 bits per heavy atom. The molecular formula is C8H9N7OS. The molecule has 4 N–H and O–H groups in total. The molecule has 0 atom stereocenters. The van der Waals surface area contributed by atoms with E-state index in [1.165, 1.54) is 10.7 Å². The van der Waals surface area contributed by atoms with Gasteiger partial charge in [-0.05, 0) is 34.3 Å². The fraction of sp³-hybridized carbons (Fsp3) is 0.125. The molecule has 0 saturated carbocycles. The van der Waals surface area contributed by atoms with Gasteiger partial charge in [-0.15, -0.1) is 5.10 Å². The van der Waals surface area contributed by atoms with Gasteiger partial charge in [-0.2, -0.15) is 0 Å². The van der Waals surface area contributed by atoms with E-state index < -0.39 is 5.91 Å². The first-order valence-corrected chi connectivity index (χ1v) is 5.36. The Bertz CT molecular complexity index is 567. The van der Waals surface area contributed by atoms with Crippen LogP contribution in [0.15, 0.2) is 22.3 Å². The monoisotopic (exact) mass is 251 g/mol. The molecule has 2 aromatic rings. The van der Waals surface area contributed by atoms with Gasteiger partial charge in [0.15, 0.2) is 0 Å². The number of nitrogens with two attached hydrogens (primary N) is 2. The number of anilines is 1. The molecule has 0 aliphatic rings. The minimum Gasteiger partial charge on any atom is -0.397 e. The number of amides is 1. The summed E-state index contributed by atoms with van der Waals surface area (Å²) < 4.78 is 1.47. The lowest BCUT2D eigenvalue weighted by molar-refractivity contribution is 0.0995. The molecule has 0 saturated heterocycles. The van der Waals surface area contributed by atoms with Gasteiger partial charge in [0, 0.05) is 7.05 Å². The smallest absolute Gasteiger partial charge is 0.267 e. The topological polar surface area (TPSA) is 126 Å².